The van der Waals surface area contributed by atoms with E-state index in [4.69, 9.17) is 0 Å². The third-order valence-electron chi connectivity index (χ3n) is 4.57. The second-order valence-corrected chi connectivity index (χ2v) is 7.66. The van der Waals surface area contributed by atoms with Gasteiger partial charge in [0, 0.05) is 42.7 Å². The molecule has 2 aromatic rings. The standard InChI is InChI=1S/C20H25N3O2/c1-14-13-16(15-7-5-6-8-17(15)21-14)18(24)22-9-11-23(12-10-22)19(25)20(2,3)4/h5-8,13H,9-12H2,1-4H3. The number of fused-ring (bicyclic) bond motifs is 1. The van der Waals surface area contributed by atoms with E-state index in [1.807, 2.05) is 67.8 Å². The Balaban J connectivity index is 1.79. The largest absolute Gasteiger partial charge is 0.339 e. The minimum atomic E-state index is -0.384. The number of piperazine rings is 1. The molecule has 0 saturated carbocycles. The molecule has 1 aromatic carbocycles. The maximum atomic E-state index is 13.0. The molecule has 1 aliphatic heterocycles. The summed E-state index contributed by atoms with van der Waals surface area (Å²) < 4.78 is 0. The van der Waals surface area contributed by atoms with Crippen molar-refractivity contribution in [2.45, 2.75) is 27.7 Å². The maximum Gasteiger partial charge on any atom is 0.254 e. The number of hydrogen-bond acceptors (Lipinski definition) is 3. The maximum absolute atomic E-state index is 13.0. The molecule has 25 heavy (non-hydrogen) atoms. The van der Waals surface area contributed by atoms with Gasteiger partial charge in [-0.05, 0) is 19.1 Å². The van der Waals surface area contributed by atoms with Crippen LogP contribution in [0.3, 0.4) is 0 Å². The fourth-order valence-electron chi connectivity index (χ4n) is 3.24. The molecule has 0 radical (unpaired) electrons. The fraction of sp³-hybridized carbons (Fsp3) is 0.450. The summed E-state index contributed by atoms with van der Waals surface area (Å²) in [6.07, 6.45) is 0. The zero-order valence-corrected chi connectivity index (χ0v) is 15.4. The van der Waals surface area contributed by atoms with Crippen LogP contribution in [-0.2, 0) is 4.79 Å². The van der Waals surface area contributed by atoms with E-state index in [1.165, 1.54) is 0 Å². The predicted octanol–water partition coefficient (Wildman–Crippen LogP) is 2.87. The van der Waals surface area contributed by atoms with Crippen molar-refractivity contribution in [2.24, 2.45) is 5.41 Å². The van der Waals surface area contributed by atoms with Crippen LogP contribution in [-0.4, -0.2) is 52.8 Å². The van der Waals surface area contributed by atoms with Gasteiger partial charge in [0.25, 0.3) is 5.91 Å². The average molecular weight is 339 g/mol. The van der Waals surface area contributed by atoms with Crippen LogP contribution in [0.25, 0.3) is 10.9 Å². The quantitative estimate of drug-likeness (QED) is 0.803. The third-order valence-corrected chi connectivity index (χ3v) is 4.57. The number of carbonyl (C=O) groups excluding carboxylic acids is 2. The molecular formula is C20H25N3O2. The number of amides is 2. The third kappa shape index (κ3) is 3.50. The summed E-state index contributed by atoms with van der Waals surface area (Å²) in [6, 6.07) is 9.58. The van der Waals surface area contributed by atoms with Gasteiger partial charge in [-0.2, -0.15) is 0 Å². The molecule has 1 aliphatic rings. The van der Waals surface area contributed by atoms with Crippen LogP contribution in [0.4, 0.5) is 0 Å². The lowest BCUT2D eigenvalue weighted by Gasteiger charge is -2.37. The minimum absolute atomic E-state index is 0.0181. The van der Waals surface area contributed by atoms with Gasteiger partial charge in [-0.3, -0.25) is 14.6 Å². The van der Waals surface area contributed by atoms with Crippen LogP contribution >= 0.6 is 0 Å². The number of para-hydroxylation sites is 1. The van der Waals surface area contributed by atoms with Crippen molar-refractivity contribution >= 4 is 22.7 Å². The highest BCUT2D eigenvalue weighted by Gasteiger charge is 2.31. The number of benzene rings is 1. The normalized spacial score (nSPS) is 15.5. The highest BCUT2D eigenvalue weighted by atomic mass is 16.2. The Labute approximate surface area is 148 Å². The molecule has 0 N–H and O–H groups in total. The number of carbonyl (C=O) groups is 2. The molecule has 0 bridgehead atoms. The van der Waals surface area contributed by atoms with Gasteiger partial charge in [-0.1, -0.05) is 39.0 Å². The summed E-state index contributed by atoms with van der Waals surface area (Å²) in [7, 11) is 0. The molecule has 0 unspecified atom stereocenters. The lowest BCUT2D eigenvalue weighted by Crippen LogP contribution is -2.53. The summed E-state index contributed by atoms with van der Waals surface area (Å²) in [5.41, 5.74) is 1.99. The molecule has 0 atom stereocenters. The molecule has 2 heterocycles. The van der Waals surface area contributed by atoms with E-state index in [9.17, 15) is 9.59 Å². The Morgan fingerprint density at radius 2 is 1.60 bits per heavy atom. The SMILES string of the molecule is Cc1cc(C(=O)N2CCN(C(=O)C(C)(C)C)CC2)c2ccccc2n1. The fourth-order valence-corrected chi connectivity index (χ4v) is 3.24. The Morgan fingerprint density at radius 1 is 1.00 bits per heavy atom. The van der Waals surface area contributed by atoms with Gasteiger partial charge in [-0.15, -0.1) is 0 Å². The molecule has 3 rings (SSSR count). The van der Waals surface area contributed by atoms with E-state index >= 15 is 0 Å². The van der Waals surface area contributed by atoms with Gasteiger partial charge in [-0.25, -0.2) is 0 Å². The summed E-state index contributed by atoms with van der Waals surface area (Å²) >= 11 is 0. The Bertz CT molecular complexity index is 815. The summed E-state index contributed by atoms with van der Waals surface area (Å²) in [5.74, 6) is 0.161. The molecule has 1 fully saturated rings. The van der Waals surface area contributed by atoms with Gasteiger partial charge in [0.15, 0.2) is 0 Å². The average Bonchev–Trinajstić information content (AvgIpc) is 2.59. The molecule has 0 spiro atoms. The lowest BCUT2D eigenvalue weighted by atomic mass is 9.94. The number of aromatic nitrogens is 1. The first kappa shape index (κ1) is 17.4. The van der Waals surface area contributed by atoms with Crippen LogP contribution in [0.5, 0.6) is 0 Å². The Morgan fingerprint density at radius 3 is 2.24 bits per heavy atom. The molecule has 0 aliphatic carbocycles. The summed E-state index contributed by atoms with van der Waals surface area (Å²) in [5, 5.41) is 0.881. The molecule has 5 nitrogen and oxygen atoms in total. The van der Waals surface area contributed by atoms with E-state index in [1.54, 1.807) is 0 Å². The molecule has 1 saturated heterocycles. The minimum Gasteiger partial charge on any atom is -0.339 e. The van der Waals surface area contributed by atoms with Crippen molar-refractivity contribution in [1.29, 1.82) is 0 Å². The van der Waals surface area contributed by atoms with Crippen molar-refractivity contribution < 1.29 is 9.59 Å². The van der Waals surface area contributed by atoms with Gasteiger partial charge < -0.3 is 9.80 Å². The first-order valence-corrected chi connectivity index (χ1v) is 8.72. The predicted molar refractivity (Wildman–Crippen MR) is 98.4 cm³/mol. The smallest absolute Gasteiger partial charge is 0.254 e. The second-order valence-electron chi connectivity index (χ2n) is 7.66. The van der Waals surface area contributed by atoms with Crippen LogP contribution in [0, 0.1) is 12.3 Å². The lowest BCUT2D eigenvalue weighted by molar-refractivity contribution is -0.140. The molecule has 5 heteroatoms. The molecule has 132 valence electrons. The van der Waals surface area contributed by atoms with Gasteiger partial charge in [0.1, 0.15) is 0 Å². The number of hydrogen-bond donors (Lipinski definition) is 0. The van der Waals surface area contributed by atoms with E-state index in [2.05, 4.69) is 4.98 Å². The highest BCUT2D eigenvalue weighted by molar-refractivity contribution is 6.06. The van der Waals surface area contributed by atoms with Crippen LogP contribution in [0.2, 0.25) is 0 Å². The topological polar surface area (TPSA) is 53.5 Å². The summed E-state index contributed by atoms with van der Waals surface area (Å²) in [6.45, 7) is 10.00. The molecular weight excluding hydrogens is 314 g/mol. The Kier molecular flexibility index (Phi) is 4.50. The Hall–Kier alpha value is -2.43. The van der Waals surface area contributed by atoms with Crippen molar-refractivity contribution in [3.05, 3.63) is 41.6 Å². The van der Waals surface area contributed by atoms with Crippen molar-refractivity contribution in [3.63, 3.8) is 0 Å². The number of rotatable bonds is 1. The van der Waals surface area contributed by atoms with Crippen LogP contribution in [0.1, 0.15) is 36.8 Å². The number of nitrogens with zero attached hydrogens (tertiary/aromatic N) is 3. The second kappa shape index (κ2) is 6.47. The van der Waals surface area contributed by atoms with E-state index in [-0.39, 0.29) is 17.2 Å². The van der Waals surface area contributed by atoms with E-state index < -0.39 is 0 Å². The van der Waals surface area contributed by atoms with Gasteiger partial charge >= 0.3 is 0 Å². The number of pyridine rings is 1. The molecule has 2 amide bonds. The summed E-state index contributed by atoms with van der Waals surface area (Å²) in [4.78, 5) is 33.6. The molecule has 1 aromatic heterocycles. The monoisotopic (exact) mass is 339 g/mol. The van der Waals surface area contributed by atoms with Crippen molar-refractivity contribution in [2.75, 3.05) is 26.2 Å². The van der Waals surface area contributed by atoms with E-state index in [0.29, 0.717) is 31.7 Å². The van der Waals surface area contributed by atoms with Crippen LogP contribution in [0.15, 0.2) is 30.3 Å². The zero-order chi connectivity index (χ0) is 18.2. The van der Waals surface area contributed by atoms with E-state index in [0.717, 1.165) is 16.6 Å². The van der Waals surface area contributed by atoms with Crippen molar-refractivity contribution in [1.82, 2.24) is 14.8 Å². The van der Waals surface area contributed by atoms with Crippen LogP contribution < -0.4 is 0 Å². The number of aryl methyl sites for hydroxylation is 1. The van der Waals surface area contributed by atoms with Gasteiger partial charge in [0.05, 0.1) is 11.1 Å². The van der Waals surface area contributed by atoms with Crippen molar-refractivity contribution in [3.8, 4) is 0 Å². The highest BCUT2D eigenvalue weighted by Crippen LogP contribution is 2.22. The zero-order valence-electron chi connectivity index (χ0n) is 15.4. The first-order chi connectivity index (χ1) is 11.8. The first-order valence-electron chi connectivity index (χ1n) is 8.72. The van der Waals surface area contributed by atoms with Gasteiger partial charge in [0.2, 0.25) is 5.91 Å².